The first-order valence-electron chi connectivity index (χ1n) is 9.67. The zero-order valence-corrected chi connectivity index (χ0v) is 16.8. The zero-order chi connectivity index (χ0) is 18.6. The molecule has 26 heavy (non-hydrogen) atoms. The highest BCUT2D eigenvalue weighted by Crippen LogP contribution is 2.25. The van der Waals surface area contributed by atoms with E-state index in [4.69, 9.17) is 0 Å². The highest BCUT2D eigenvalue weighted by Gasteiger charge is 2.32. The Kier molecular flexibility index (Phi) is 6.69. The molecule has 0 aromatic heterocycles. The van der Waals surface area contributed by atoms with E-state index in [0.29, 0.717) is 31.6 Å². The van der Waals surface area contributed by atoms with Gasteiger partial charge < -0.3 is 4.90 Å². The maximum Gasteiger partial charge on any atom is 0.279 e. The van der Waals surface area contributed by atoms with Gasteiger partial charge >= 0.3 is 0 Å². The fourth-order valence-corrected chi connectivity index (χ4v) is 5.21. The van der Waals surface area contributed by atoms with Crippen LogP contribution in [-0.4, -0.2) is 74.9 Å². The summed E-state index contributed by atoms with van der Waals surface area (Å²) in [6, 6.07) is 10.2. The first-order valence-corrected chi connectivity index (χ1v) is 11.1. The van der Waals surface area contributed by atoms with Gasteiger partial charge in [0.1, 0.15) is 0 Å². The van der Waals surface area contributed by atoms with Gasteiger partial charge in [0.2, 0.25) is 0 Å². The van der Waals surface area contributed by atoms with Crippen LogP contribution < -0.4 is 4.72 Å². The van der Waals surface area contributed by atoms with Crippen molar-refractivity contribution in [2.75, 3.05) is 46.3 Å². The lowest BCUT2D eigenvalue weighted by Crippen LogP contribution is -2.52. The topological polar surface area (TPSA) is 55.9 Å². The average Bonchev–Trinajstić information content (AvgIpc) is 2.67. The third kappa shape index (κ3) is 5.04. The Morgan fingerprint density at radius 2 is 1.65 bits per heavy atom. The van der Waals surface area contributed by atoms with E-state index in [0.717, 1.165) is 44.6 Å². The Hall–Kier alpha value is -0.990. The van der Waals surface area contributed by atoms with Crippen LogP contribution >= 0.6 is 0 Å². The number of hydrogen-bond donors (Lipinski definition) is 1. The van der Waals surface area contributed by atoms with Crippen molar-refractivity contribution in [2.45, 2.75) is 32.4 Å². The van der Waals surface area contributed by atoms with Gasteiger partial charge in [-0.1, -0.05) is 30.3 Å². The van der Waals surface area contributed by atoms with E-state index in [1.54, 1.807) is 4.31 Å². The summed E-state index contributed by atoms with van der Waals surface area (Å²) in [5.74, 6) is 0.582. The highest BCUT2D eigenvalue weighted by molar-refractivity contribution is 7.87. The molecule has 2 heterocycles. The number of likely N-dealkylation sites (N-methyl/N-ethyl adjacent to an activating group) is 1. The van der Waals surface area contributed by atoms with E-state index in [-0.39, 0.29) is 0 Å². The van der Waals surface area contributed by atoms with Crippen LogP contribution in [0.4, 0.5) is 0 Å². The molecule has 0 spiro atoms. The van der Waals surface area contributed by atoms with E-state index in [2.05, 4.69) is 28.5 Å². The lowest BCUT2D eigenvalue weighted by molar-refractivity contribution is 0.0720. The normalized spacial score (nSPS) is 23.2. The van der Waals surface area contributed by atoms with Gasteiger partial charge in [0.25, 0.3) is 10.2 Å². The van der Waals surface area contributed by atoms with Crippen molar-refractivity contribution in [3.63, 3.8) is 0 Å². The molecule has 2 fully saturated rings. The second-order valence-electron chi connectivity index (χ2n) is 7.63. The van der Waals surface area contributed by atoms with Gasteiger partial charge in [-0.25, -0.2) is 0 Å². The van der Waals surface area contributed by atoms with Crippen molar-refractivity contribution in [3.05, 3.63) is 35.9 Å². The van der Waals surface area contributed by atoms with Gasteiger partial charge in [-0.05, 0) is 38.3 Å². The Morgan fingerprint density at radius 3 is 2.27 bits per heavy atom. The molecule has 146 valence electrons. The molecule has 0 bridgehead atoms. The first kappa shape index (κ1) is 19.8. The second kappa shape index (κ2) is 8.80. The standard InChI is InChI=1S/C19H32N4O2S/c1-17(22-14-12-21(2)13-15-22)19-8-10-23(11-9-19)26(24,25)20-16-18-6-4-3-5-7-18/h3-7,17,19-20H,8-16H2,1-2H3. The number of nitrogens with one attached hydrogen (secondary N) is 1. The molecule has 0 saturated carbocycles. The van der Waals surface area contributed by atoms with Crippen molar-refractivity contribution in [1.29, 1.82) is 0 Å². The predicted molar refractivity (Wildman–Crippen MR) is 105 cm³/mol. The molecule has 3 rings (SSSR count). The molecule has 0 aliphatic carbocycles. The summed E-state index contributed by atoms with van der Waals surface area (Å²) in [4.78, 5) is 4.94. The molecule has 2 aliphatic heterocycles. The second-order valence-corrected chi connectivity index (χ2v) is 9.38. The number of hydrogen-bond acceptors (Lipinski definition) is 4. The van der Waals surface area contributed by atoms with Gasteiger partial charge in [0, 0.05) is 51.9 Å². The van der Waals surface area contributed by atoms with Gasteiger partial charge in [0.15, 0.2) is 0 Å². The minimum atomic E-state index is -3.40. The fraction of sp³-hybridized carbons (Fsp3) is 0.684. The summed E-state index contributed by atoms with van der Waals surface area (Å²) in [6.07, 6.45) is 1.89. The molecular formula is C19H32N4O2S. The number of benzene rings is 1. The van der Waals surface area contributed by atoms with Crippen molar-refractivity contribution in [3.8, 4) is 0 Å². The average molecular weight is 381 g/mol. The summed E-state index contributed by atoms with van der Waals surface area (Å²) in [6.45, 7) is 8.39. The van der Waals surface area contributed by atoms with Gasteiger partial charge in [-0.2, -0.15) is 17.4 Å². The molecule has 1 unspecified atom stereocenters. The van der Waals surface area contributed by atoms with Crippen LogP contribution in [0.2, 0.25) is 0 Å². The van der Waals surface area contributed by atoms with E-state index in [1.165, 1.54) is 0 Å². The van der Waals surface area contributed by atoms with E-state index in [9.17, 15) is 8.42 Å². The lowest BCUT2D eigenvalue weighted by atomic mass is 9.90. The SMILES string of the molecule is CC(C1CCN(S(=O)(=O)NCc2ccccc2)CC1)N1CCN(C)CC1. The van der Waals surface area contributed by atoms with Crippen LogP contribution in [0.25, 0.3) is 0 Å². The minimum absolute atomic E-state index is 0.348. The van der Waals surface area contributed by atoms with Crippen molar-refractivity contribution < 1.29 is 8.42 Å². The first-order chi connectivity index (χ1) is 12.5. The molecule has 0 radical (unpaired) electrons. The third-order valence-corrected chi connectivity index (χ3v) is 7.49. The van der Waals surface area contributed by atoms with Crippen molar-refractivity contribution >= 4 is 10.2 Å². The predicted octanol–water partition coefficient (Wildman–Crippen LogP) is 1.37. The Balaban J connectivity index is 1.48. The van der Waals surface area contributed by atoms with Crippen molar-refractivity contribution in [2.24, 2.45) is 5.92 Å². The Bertz CT molecular complexity index is 651. The fourth-order valence-electron chi connectivity index (χ4n) is 3.99. The third-order valence-electron chi connectivity index (χ3n) is 5.94. The smallest absolute Gasteiger partial charge is 0.279 e. The number of piperazine rings is 1. The van der Waals surface area contributed by atoms with Gasteiger partial charge in [0.05, 0.1) is 0 Å². The molecule has 1 N–H and O–H groups in total. The van der Waals surface area contributed by atoms with Crippen LogP contribution in [0.5, 0.6) is 0 Å². The highest BCUT2D eigenvalue weighted by atomic mass is 32.2. The summed E-state index contributed by atoms with van der Waals surface area (Å²) in [5, 5.41) is 0. The van der Waals surface area contributed by atoms with E-state index >= 15 is 0 Å². The van der Waals surface area contributed by atoms with Crippen molar-refractivity contribution in [1.82, 2.24) is 18.8 Å². The molecule has 7 heteroatoms. The maximum absolute atomic E-state index is 12.6. The molecule has 0 amide bonds. The van der Waals surface area contributed by atoms with Crippen LogP contribution in [0.1, 0.15) is 25.3 Å². The maximum atomic E-state index is 12.6. The van der Waals surface area contributed by atoms with Crippen LogP contribution in [0.3, 0.4) is 0 Å². The molecule has 2 saturated heterocycles. The van der Waals surface area contributed by atoms with Gasteiger partial charge in [-0.3, -0.25) is 4.90 Å². The van der Waals surface area contributed by atoms with Crippen LogP contribution in [0.15, 0.2) is 30.3 Å². The molecule has 1 atom stereocenters. The van der Waals surface area contributed by atoms with Gasteiger partial charge in [-0.15, -0.1) is 0 Å². The number of nitrogens with zero attached hydrogens (tertiary/aromatic N) is 3. The van der Waals surface area contributed by atoms with E-state index in [1.807, 2.05) is 30.3 Å². The number of rotatable bonds is 6. The summed E-state index contributed by atoms with van der Waals surface area (Å²) in [5.41, 5.74) is 0.981. The molecule has 1 aromatic rings. The zero-order valence-electron chi connectivity index (χ0n) is 16.0. The van der Waals surface area contributed by atoms with E-state index < -0.39 is 10.2 Å². The molecule has 2 aliphatic rings. The molecule has 6 nitrogen and oxygen atoms in total. The van der Waals surface area contributed by atoms with Crippen LogP contribution in [-0.2, 0) is 16.8 Å². The summed E-state index contributed by atoms with van der Waals surface area (Å²) in [7, 11) is -1.23. The minimum Gasteiger partial charge on any atom is -0.304 e. The summed E-state index contributed by atoms with van der Waals surface area (Å²) < 4.78 is 29.5. The number of piperidine rings is 1. The molecular weight excluding hydrogens is 348 g/mol. The summed E-state index contributed by atoms with van der Waals surface area (Å²) >= 11 is 0. The Morgan fingerprint density at radius 1 is 1.04 bits per heavy atom. The Labute approximate surface area is 158 Å². The van der Waals surface area contributed by atoms with Crippen LogP contribution in [0, 0.1) is 5.92 Å². The monoisotopic (exact) mass is 380 g/mol. The molecule has 1 aromatic carbocycles. The largest absolute Gasteiger partial charge is 0.304 e. The quantitative estimate of drug-likeness (QED) is 0.810. The lowest BCUT2D eigenvalue weighted by Gasteiger charge is -2.42.